The molecule has 0 fully saturated rings. The van der Waals surface area contributed by atoms with Crippen LogP contribution in [-0.4, -0.2) is 44.2 Å². The highest BCUT2D eigenvalue weighted by atomic mass is 32.2. The van der Waals surface area contributed by atoms with Crippen LogP contribution >= 0.6 is 0 Å². The summed E-state index contributed by atoms with van der Waals surface area (Å²) < 4.78 is 28.4. The average Bonchev–Trinajstić information content (AvgIpc) is 2.59. The number of aryl methyl sites for hydroxylation is 1. The second kappa shape index (κ2) is 6.20. The summed E-state index contributed by atoms with van der Waals surface area (Å²) in [5.41, 5.74) is 1.74. The Hall–Kier alpha value is -2.48. The summed E-state index contributed by atoms with van der Waals surface area (Å²) in [6, 6.07) is 4.84. The third-order valence-corrected chi connectivity index (χ3v) is 4.99. The van der Waals surface area contributed by atoms with Gasteiger partial charge in [0.05, 0.1) is 24.4 Å². The van der Waals surface area contributed by atoms with Gasteiger partial charge in [-0.25, -0.2) is 13.4 Å². The minimum atomic E-state index is -3.28. The van der Waals surface area contributed by atoms with Crippen LogP contribution in [0.25, 0.3) is 0 Å². The third kappa shape index (κ3) is 3.09. The number of carbonyl (C=O) groups excluding carboxylic acids is 1. The molecule has 3 rings (SSSR count). The smallest absolute Gasteiger partial charge is 0.278 e. The van der Waals surface area contributed by atoms with E-state index in [2.05, 4.69) is 9.97 Å². The minimum Gasteiger partial charge on any atom is -0.480 e. The van der Waals surface area contributed by atoms with Crippen LogP contribution in [0, 0.1) is 0 Å². The number of nitrogens with zero attached hydrogens (tertiary/aromatic N) is 3. The lowest BCUT2D eigenvalue weighted by Crippen LogP contribution is -2.36. The molecule has 126 valence electrons. The van der Waals surface area contributed by atoms with E-state index in [4.69, 9.17) is 4.74 Å². The van der Waals surface area contributed by atoms with Crippen molar-refractivity contribution in [3.8, 4) is 5.88 Å². The number of fused-ring (bicyclic) bond motifs is 1. The van der Waals surface area contributed by atoms with Crippen molar-refractivity contribution in [2.24, 2.45) is 0 Å². The maximum Gasteiger partial charge on any atom is 0.278 e. The van der Waals surface area contributed by atoms with Crippen molar-refractivity contribution in [3.05, 3.63) is 41.9 Å². The maximum atomic E-state index is 12.8. The zero-order valence-electron chi connectivity index (χ0n) is 13.4. The van der Waals surface area contributed by atoms with Crippen LogP contribution in [0.1, 0.15) is 22.5 Å². The molecule has 0 unspecified atom stereocenters. The molecule has 0 aliphatic carbocycles. The fraction of sp³-hybridized carbons (Fsp3) is 0.312. The Balaban J connectivity index is 1.98. The van der Waals surface area contributed by atoms with Gasteiger partial charge < -0.3 is 9.64 Å². The van der Waals surface area contributed by atoms with E-state index >= 15 is 0 Å². The Morgan fingerprint density at radius 1 is 1.29 bits per heavy atom. The van der Waals surface area contributed by atoms with Crippen molar-refractivity contribution in [3.63, 3.8) is 0 Å². The summed E-state index contributed by atoms with van der Waals surface area (Å²) in [5.74, 6) is -0.0139. The molecular formula is C16H17N3O4S. The number of methoxy groups -OCH3 is 1. The molecule has 0 saturated carbocycles. The van der Waals surface area contributed by atoms with Crippen LogP contribution < -0.4 is 9.64 Å². The predicted octanol–water partition coefficient (Wildman–Crippen LogP) is 1.48. The van der Waals surface area contributed by atoms with Crippen LogP contribution in [0.4, 0.5) is 5.69 Å². The molecule has 0 N–H and O–H groups in total. The first-order valence-corrected chi connectivity index (χ1v) is 9.30. The number of hydrogen-bond acceptors (Lipinski definition) is 6. The van der Waals surface area contributed by atoms with Crippen molar-refractivity contribution >= 4 is 21.4 Å². The van der Waals surface area contributed by atoms with Crippen molar-refractivity contribution < 1.29 is 17.9 Å². The van der Waals surface area contributed by atoms with E-state index in [1.54, 1.807) is 17.0 Å². The van der Waals surface area contributed by atoms with Crippen molar-refractivity contribution in [1.29, 1.82) is 0 Å². The van der Waals surface area contributed by atoms with Crippen LogP contribution in [0.5, 0.6) is 5.88 Å². The number of carbonyl (C=O) groups is 1. The van der Waals surface area contributed by atoms with Gasteiger partial charge in [0.15, 0.2) is 15.5 Å². The number of aromatic nitrogens is 2. The maximum absolute atomic E-state index is 12.8. The van der Waals surface area contributed by atoms with Gasteiger partial charge in [-0.15, -0.1) is 0 Å². The standard InChI is InChI=1S/C16H17N3O4S/c1-23-15-10-17-9-13(18-15)16(20)19-7-3-4-11-8-12(24(2,21)22)5-6-14(11)19/h5-6,8-10H,3-4,7H2,1-2H3. The van der Waals surface area contributed by atoms with Crippen molar-refractivity contribution in [2.45, 2.75) is 17.7 Å². The first-order chi connectivity index (χ1) is 11.4. The van der Waals surface area contributed by atoms with Crippen molar-refractivity contribution in [2.75, 3.05) is 24.8 Å². The number of anilines is 1. The van der Waals surface area contributed by atoms with E-state index in [0.717, 1.165) is 18.4 Å². The molecule has 0 saturated heterocycles. The van der Waals surface area contributed by atoms with Gasteiger partial charge in [-0.1, -0.05) is 0 Å². The summed E-state index contributed by atoms with van der Waals surface area (Å²) >= 11 is 0. The highest BCUT2D eigenvalue weighted by Crippen LogP contribution is 2.30. The summed E-state index contributed by atoms with van der Waals surface area (Å²) in [7, 11) is -1.82. The second-order valence-corrected chi connectivity index (χ2v) is 7.59. The summed E-state index contributed by atoms with van der Waals surface area (Å²) in [6.07, 6.45) is 5.48. The first-order valence-electron chi connectivity index (χ1n) is 7.41. The van der Waals surface area contributed by atoms with E-state index in [1.807, 2.05) is 0 Å². The van der Waals surface area contributed by atoms with E-state index in [-0.39, 0.29) is 22.4 Å². The lowest BCUT2D eigenvalue weighted by atomic mass is 10.0. The van der Waals surface area contributed by atoms with Gasteiger partial charge in [0.25, 0.3) is 5.91 Å². The zero-order valence-corrected chi connectivity index (χ0v) is 14.2. The molecular weight excluding hydrogens is 330 g/mol. The number of amides is 1. The molecule has 1 aliphatic heterocycles. The summed E-state index contributed by atoms with van der Waals surface area (Å²) in [5, 5.41) is 0. The highest BCUT2D eigenvalue weighted by molar-refractivity contribution is 7.90. The molecule has 0 spiro atoms. The van der Waals surface area contributed by atoms with Crippen molar-refractivity contribution in [1.82, 2.24) is 9.97 Å². The lowest BCUT2D eigenvalue weighted by molar-refractivity contribution is 0.0979. The first kappa shape index (κ1) is 16.4. The highest BCUT2D eigenvalue weighted by Gasteiger charge is 2.26. The molecule has 0 bridgehead atoms. The molecule has 1 amide bonds. The van der Waals surface area contributed by atoms with E-state index in [9.17, 15) is 13.2 Å². The van der Waals surface area contributed by atoms with Crippen LogP contribution in [0.2, 0.25) is 0 Å². The lowest BCUT2D eigenvalue weighted by Gasteiger charge is -2.29. The Morgan fingerprint density at radius 3 is 2.79 bits per heavy atom. The SMILES string of the molecule is COc1cncc(C(=O)N2CCCc3cc(S(C)(=O)=O)ccc32)n1. The zero-order chi connectivity index (χ0) is 17.3. The average molecular weight is 347 g/mol. The fourth-order valence-electron chi connectivity index (χ4n) is 2.70. The van der Waals surface area contributed by atoms with Gasteiger partial charge in [-0.3, -0.25) is 9.78 Å². The molecule has 0 atom stereocenters. The predicted molar refractivity (Wildman–Crippen MR) is 88.1 cm³/mol. The summed E-state index contributed by atoms with van der Waals surface area (Å²) in [6.45, 7) is 0.545. The number of sulfone groups is 1. The number of hydrogen-bond donors (Lipinski definition) is 0. The largest absolute Gasteiger partial charge is 0.480 e. The van der Waals surface area contributed by atoms with Crippen LogP contribution in [-0.2, 0) is 16.3 Å². The fourth-order valence-corrected chi connectivity index (χ4v) is 3.37. The Bertz CT molecular complexity index is 896. The number of benzene rings is 1. The molecule has 1 aliphatic rings. The molecule has 2 heterocycles. The molecule has 1 aromatic carbocycles. The van der Waals surface area contributed by atoms with Gasteiger partial charge in [0.1, 0.15) is 0 Å². The molecule has 24 heavy (non-hydrogen) atoms. The monoisotopic (exact) mass is 347 g/mol. The van der Waals surface area contributed by atoms with E-state index < -0.39 is 9.84 Å². The quantitative estimate of drug-likeness (QED) is 0.835. The Labute approximate surface area is 140 Å². The number of ether oxygens (including phenoxy) is 1. The minimum absolute atomic E-state index is 0.189. The van der Waals surface area contributed by atoms with Crippen LogP contribution in [0.15, 0.2) is 35.5 Å². The van der Waals surface area contributed by atoms with E-state index in [0.29, 0.717) is 12.2 Å². The van der Waals surface area contributed by atoms with Gasteiger partial charge in [-0.2, -0.15) is 0 Å². The second-order valence-electron chi connectivity index (χ2n) is 5.57. The summed E-state index contributed by atoms with van der Waals surface area (Å²) in [4.78, 5) is 22.7. The Kier molecular flexibility index (Phi) is 4.23. The Morgan fingerprint density at radius 2 is 2.08 bits per heavy atom. The van der Waals surface area contributed by atoms with Gasteiger partial charge in [-0.05, 0) is 36.6 Å². The van der Waals surface area contributed by atoms with Crippen LogP contribution in [0.3, 0.4) is 0 Å². The van der Waals surface area contributed by atoms with Gasteiger partial charge in [0, 0.05) is 18.5 Å². The topological polar surface area (TPSA) is 89.5 Å². The third-order valence-electron chi connectivity index (χ3n) is 3.88. The van der Waals surface area contributed by atoms with Gasteiger partial charge in [0.2, 0.25) is 5.88 Å². The molecule has 2 aromatic rings. The van der Waals surface area contributed by atoms with Gasteiger partial charge >= 0.3 is 0 Å². The molecule has 8 heteroatoms. The number of rotatable bonds is 3. The molecule has 1 aromatic heterocycles. The molecule has 0 radical (unpaired) electrons. The normalized spacial score (nSPS) is 14.2. The van der Waals surface area contributed by atoms with E-state index in [1.165, 1.54) is 31.8 Å². The molecule has 7 nitrogen and oxygen atoms in total.